The molecule has 2 heterocycles. The molecule has 0 spiro atoms. The summed E-state index contributed by atoms with van der Waals surface area (Å²) in [6.45, 7) is 2.06. The average Bonchev–Trinajstić information content (AvgIpc) is 2.86. The van der Waals surface area contributed by atoms with E-state index in [1.165, 1.54) is 0 Å². The van der Waals surface area contributed by atoms with Crippen molar-refractivity contribution in [3.05, 3.63) is 54.2 Å². The number of nitriles is 1. The van der Waals surface area contributed by atoms with Gasteiger partial charge in [0.1, 0.15) is 17.9 Å². The largest absolute Gasteiger partial charge is 0.495 e. The third-order valence-electron chi connectivity index (χ3n) is 5.65. The average molecular weight is 446 g/mol. The van der Waals surface area contributed by atoms with E-state index in [0.29, 0.717) is 28.7 Å². The Hall–Kier alpha value is -3.83. The Morgan fingerprint density at radius 3 is 2.48 bits per heavy atom. The van der Waals surface area contributed by atoms with Gasteiger partial charge in [0.05, 0.1) is 25.5 Å². The van der Waals surface area contributed by atoms with Crippen LogP contribution in [0.25, 0.3) is 11.3 Å². The topological polar surface area (TPSA) is 92.5 Å². The molecule has 1 aliphatic heterocycles. The molecule has 170 valence electrons. The molecular weight excluding hydrogens is 418 g/mol. The molecule has 0 amide bonds. The number of nitrogens with zero attached hydrogens (tertiary/aromatic N) is 4. The van der Waals surface area contributed by atoms with Gasteiger partial charge in [-0.05, 0) is 56.3 Å². The van der Waals surface area contributed by atoms with Gasteiger partial charge in [0, 0.05) is 36.6 Å². The number of aromatic nitrogens is 2. The Balaban J connectivity index is 1.51. The van der Waals surface area contributed by atoms with Crippen LogP contribution in [0.15, 0.2) is 48.7 Å². The minimum Gasteiger partial charge on any atom is -0.495 e. The van der Waals surface area contributed by atoms with E-state index in [0.717, 1.165) is 42.9 Å². The molecule has 1 N–H and O–H groups in total. The molecule has 1 aromatic heterocycles. The highest BCUT2D eigenvalue weighted by atomic mass is 16.5. The maximum Gasteiger partial charge on any atom is 0.227 e. The van der Waals surface area contributed by atoms with E-state index >= 15 is 0 Å². The summed E-state index contributed by atoms with van der Waals surface area (Å²) < 4.78 is 17.0. The van der Waals surface area contributed by atoms with Crippen molar-refractivity contribution in [3.63, 3.8) is 0 Å². The number of nitrogens with one attached hydrogen (secondary N) is 1. The molecule has 0 radical (unpaired) electrons. The van der Waals surface area contributed by atoms with Gasteiger partial charge < -0.3 is 24.4 Å². The number of benzene rings is 2. The zero-order valence-electron chi connectivity index (χ0n) is 19.0. The molecule has 0 atom stereocenters. The van der Waals surface area contributed by atoms with Gasteiger partial charge in [-0.15, -0.1) is 0 Å². The molecule has 0 bridgehead atoms. The number of likely N-dealkylation sites (tertiary alicyclic amines) is 1. The van der Waals surface area contributed by atoms with Crippen LogP contribution < -0.4 is 19.5 Å². The van der Waals surface area contributed by atoms with Gasteiger partial charge in [-0.1, -0.05) is 0 Å². The molecule has 1 saturated heterocycles. The molecule has 1 fully saturated rings. The highest BCUT2D eigenvalue weighted by Crippen LogP contribution is 2.33. The summed E-state index contributed by atoms with van der Waals surface area (Å²) in [6.07, 6.45) is 3.87. The lowest BCUT2D eigenvalue weighted by atomic mass is 10.1. The zero-order chi connectivity index (χ0) is 23.2. The van der Waals surface area contributed by atoms with Crippen molar-refractivity contribution in [1.29, 1.82) is 5.26 Å². The van der Waals surface area contributed by atoms with Crippen LogP contribution in [-0.2, 0) is 0 Å². The third kappa shape index (κ3) is 5.33. The van der Waals surface area contributed by atoms with Crippen LogP contribution in [0, 0.1) is 11.3 Å². The highest BCUT2D eigenvalue weighted by Gasteiger charge is 2.19. The maximum atomic E-state index is 9.36. The van der Waals surface area contributed by atoms with Gasteiger partial charge in [0.25, 0.3) is 0 Å². The Labute approximate surface area is 193 Å². The van der Waals surface area contributed by atoms with Gasteiger partial charge >= 0.3 is 0 Å². The Morgan fingerprint density at radius 1 is 1.00 bits per heavy atom. The summed E-state index contributed by atoms with van der Waals surface area (Å²) in [7, 11) is 5.31. The first-order valence-corrected chi connectivity index (χ1v) is 10.8. The van der Waals surface area contributed by atoms with Gasteiger partial charge in [0.2, 0.25) is 5.95 Å². The number of ether oxygens (including phenoxy) is 3. The second-order valence-corrected chi connectivity index (χ2v) is 7.90. The molecule has 8 heteroatoms. The Kier molecular flexibility index (Phi) is 6.91. The zero-order valence-corrected chi connectivity index (χ0v) is 19.0. The van der Waals surface area contributed by atoms with Crippen molar-refractivity contribution in [2.45, 2.75) is 18.9 Å². The van der Waals surface area contributed by atoms with E-state index in [4.69, 9.17) is 14.2 Å². The van der Waals surface area contributed by atoms with E-state index in [1.54, 1.807) is 38.6 Å². The number of anilines is 2. The molecule has 4 rings (SSSR count). The fraction of sp³-hybridized carbons (Fsp3) is 0.320. The Bertz CT molecular complexity index is 1150. The van der Waals surface area contributed by atoms with Crippen LogP contribution in [0.2, 0.25) is 0 Å². The maximum absolute atomic E-state index is 9.36. The van der Waals surface area contributed by atoms with Crippen LogP contribution >= 0.6 is 0 Å². The summed E-state index contributed by atoms with van der Waals surface area (Å²) in [6, 6.07) is 15.0. The predicted octanol–water partition coefficient (Wildman–Crippen LogP) is 4.25. The lowest BCUT2D eigenvalue weighted by molar-refractivity contribution is 0.111. The van der Waals surface area contributed by atoms with Crippen molar-refractivity contribution in [3.8, 4) is 34.6 Å². The first kappa shape index (κ1) is 22.4. The van der Waals surface area contributed by atoms with Gasteiger partial charge in [-0.2, -0.15) is 5.26 Å². The van der Waals surface area contributed by atoms with Crippen LogP contribution in [0.4, 0.5) is 11.6 Å². The van der Waals surface area contributed by atoms with Gasteiger partial charge in [-0.3, -0.25) is 0 Å². The number of methoxy groups -OCH3 is 2. The molecule has 0 saturated carbocycles. The summed E-state index contributed by atoms with van der Waals surface area (Å²) in [5, 5.41) is 12.6. The van der Waals surface area contributed by atoms with Crippen molar-refractivity contribution < 1.29 is 14.2 Å². The van der Waals surface area contributed by atoms with E-state index < -0.39 is 0 Å². The molecular formula is C25H27N5O3. The summed E-state index contributed by atoms with van der Waals surface area (Å²) in [4.78, 5) is 11.2. The number of hydrogen-bond acceptors (Lipinski definition) is 8. The lowest BCUT2D eigenvalue weighted by Gasteiger charge is -2.29. The number of piperidine rings is 1. The fourth-order valence-corrected chi connectivity index (χ4v) is 3.79. The smallest absolute Gasteiger partial charge is 0.227 e. The van der Waals surface area contributed by atoms with Crippen LogP contribution in [0.3, 0.4) is 0 Å². The molecule has 1 aliphatic rings. The van der Waals surface area contributed by atoms with E-state index in [-0.39, 0.29) is 6.10 Å². The standard InChI is InChI=1S/C25H27N5O3/c1-30-12-9-20(10-13-30)33-23-7-5-19(15-24(23)32-3)28-25-27-11-8-21(29-25)17-4-6-22(31-2)18(14-17)16-26/h4-8,11,14-15,20H,9-10,12-13H2,1-3H3,(H,27,28,29). The minimum atomic E-state index is 0.191. The van der Waals surface area contributed by atoms with Crippen molar-refractivity contribution >= 4 is 11.6 Å². The van der Waals surface area contributed by atoms with E-state index in [9.17, 15) is 5.26 Å². The highest BCUT2D eigenvalue weighted by molar-refractivity contribution is 5.66. The summed E-state index contributed by atoms with van der Waals surface area (Å²) in [5.41, 5.74) is 2.73. The number of hydrogen-bond donors (Lipinski definition) is 1. The lowest BCUT2D eigenvalue weighted by Crippen LogP contribution is -2.35. The van der Waals surface area contributed by atoms with Crippen molar-refractivity contribution in [2.24, 2.45) is 0 Å². The molecule has 2 aromatic carbocycles. The molecule has 8 nitrogen and oxygen atoms in total. The second-order valence-electron chi connectivity index (χ2n) is 7.90. The Morgan fingerprint density at radius 2 is 1.76 bits per heavy atom. The quantitative estimate of drug-likeness (QED) is 0.577. The molecule has 33 heavy (non-hydrogen) atoms. The van der Waals surface area contributed by atoms with Crippen LogP contribution in [0.1, 0.15) is 18.4 Å². The van der Waals surface area contributed by atoms with Crippen molar-refractivity contribution in [2.75, 3.05) is 39.7 Å². The van der Waals surface area contributed by atoms with E-state index in [1.807, 2.05) is 24.3 Å². The normalized spacial score (nSPS) is 14.4. The summed E-state index contributed by atoms with van der Waals surface area (Å²) in [5.74, 6) is 2.36. The second kappa shape index (κ2) is 10.2. The first-order valence-electron chi connectivity index (χ1n) is 10.8. The van der Waals surface area contributed by atoms with E-state index in [2.05, 4.69) is 33.3 Å². The predicted molar refractivity (Wildman–Crippen MR) is 126 cm³/mol. The van der Waals surface area contributed by atoms with Crippen LogP contribution in [-0.4, -0.2) is 55.3 Å². The van der Waals surface area contributed by atoms with Gasteiger partial charge in [0.15, 0.2) is 11.5 Å². The number of rotatable bonds is 7. The molecule has 0 aliphatic carbocycles. The minimum absolute atomic E-state index is 0.191. The van der Waals surface area contributed by atoms with Crippen molar-refractivity contribution in [1.82, 2.24) is 14.9 Å². The molecule has 0 unspecified atom stereocenters. The van der Waals surface area contributed by atoms with Gasteiger partial charge in [-0.25, -0.2) is 9.97 Å². The SMILES string of the molecule is COc1ccc(-c2ccnc(Nc3ccc(OC4CCN(C)CC4)c(OC)c3)n2)cc1C#N. The fourth-order valence-electron chi connectivity index (χ4n) is 3.79. The first-order chi connectivity index (χ1) is 16.1. The summed E-state index contributed by atoms with van der Waals surface area (Å²) >= 11 is 0. The molecule has 3 aromatic rings. The third-order valence-corrected chi connectivity index (χ3v) is 5.65. The van der Waals surface area contributed by atoms with Crippen LogP contribution in [0.5, 0.6) is 17.2 Å². The monoisotopic (exact) mass is 445 g/mol.